The van der Waals surface area contributed by atoms with Crippen molar-refractivity contribution in [1.29, 1.82) is 0 Å². The molecule has 3 aromatic rings. The van der Waals surface area contributed by atoms with E-state index < -0.39 is 0 Å². The van der Waals surface area contributed by atoms with Gasteiger partial charge in [0.25, 0.3) is 11.8 Å². The molecule has 0 unspecified atom stereocenters. The van der Waals surface area contributed by atoms with Gasteiger partial charge in [0, 0.05) is 29.9 Å². The van der Waals surface area contributed by atoms with Gasteiger partial charge in [0.15, 0.2) is 0 Å². The van der Waals surface area contributed by atoms with Crippen LogP contribution in [0.25, 0.3) is 0 Å². The second-order valence-corrected chi connectivity index (χ2v) is 8.19. The standard InChI is InChI=1S/C27H28N2O3/c1-20-8-10-21(11-9-20)19-32-25-7-5-6-23(18-25)26(30)28-24-14-12-22(13-15-24)27(31)29-16-3-2-4-17-29/h5-15,18H,2-4,16-17,19H2,1H3,(H,28,30). The van der Waals surface area contributed by atoms with E-state index in [-0.39, 0.29) is 11.8 Å². The number of rotatable bonds is 6. The largest absolute Gasteiger partial charge is 0.489 e. The van der Waals surface area contributed by atoms with Crippen LogP contribution in [-0.4, -0.2) is 29.8 Å². The van der Waals surface area contributed by atoms with Crippen LogP contribution >= 0.6 is 0 Å². The minimum absolute atomic E-state index is 0.0565. The Balaban J connectivity index is 1.35. The van der Waals surface area contributed by atoms with Crippen molar-refractivity contribution in [2.75, 3.05) is 18.4 Å². The summed E-state index contributed by atoms with van der Waals surface area (Å²) in [6, 6.07) is 22.4. The molecule has 1 aliphatic rings. The smallest absolute Gasteiger partial charge is 0.255 e. The summed E-state index contributed by atoms with van der Waals surface area (Å²) in [6.07, 6.45) is 3.31. The Morgan fingerprint density at radius 3 is 2.31 bits per heavy atom. The highest BCUT2D eigenvalue weighted by molar-refractivity contribution is 6.04. The number of hydrogen-bond acceptors (Lipinski definition) is 3. The van der Waals surface area contributed by atoms with Gasteiger partial charge < -0.3 is 15.0 Å². The quantitative estimate of drug-likeness (QED) is 0.568. The van der Waals surface area contributed by atoms with E-state index in [0.29, 0.717) is 29.2 Å². The molecule has 4 rings (SSSR count). The lowest BCUT2D eigenvalue weighted by Gasteiger charge is -2.26. The molecular formula is C27H28N2O3. The normalized spacial score (nSPS) is 13.5. The number of nitrogens with one attached hydrogen (secondary N) is 1. The van der Waals surface area contributed by atoms with Crippen molar-refractivity contribution in [2.45, 2.75) is 32.8 Å². The summed E-state index contributed by atoms with van der Waals surface area (Å²) in [5.74, 6) is 0.475. The van der Waals surface area contributed by atoms with Crippen LogP contribution in [-0.2, 0) is 6.61 Å². The summed E-state index contributed by atoms with van der Waals surface area (Å²) in [6.45, 7) is 4.13. The van der Waals surface area contributed by atoms with E-state index >= 15 is 0 Å². The van der Waals surface area contributed by atoms with Gasteiger partial charge in [-0.3, -0.25) is 9.59 Å². The molecule has 0 aromatic heterocycles. The lowest BCUT2D eigenvalue weighted by Crippen LogP contribution is -2.35. The van der Waals surface area contributed by atoms with Gasteiger partial charge in [0.2, 0.25) is 0 Å². The Morgan fingerprint density at radius 1 is 0.875 bits per heavy atom. The molecule has 5 nitrogen and oxygen atoms in total. The van der Waals surface area contributed by atoms with Gasteiger partial charge in [0.05, 0.1) is 0 Å². The third kappa shape index (κ3) is 5.55. The number of amides is 2. The fourth-order valence-corrected chi connectivity index (χ4v) is 3.76. The maximum Gasteiger partial charge on any atom is 0.255 e. The molecule has 5 heteroatoms. The monoisotopic (exact) mass is 428 g/mol. The van der Waals surface area contributed by atoms with Gasteiger partial charge in [0.1, 0.15) is 12.4 Å². The van der Waals surface area contributed by atoms with Gasteiger partial charge >= 0.3 is 0 Å². The van der Waals surface area contributed by atoms with Crippen LogP contribution in [0.1, 0.15) is 51.1 Å². The van der Waals surface area contributed by atoms with Gasteiger partial charge in [-0.15, -0.1) is 0 Å². The van der Waals surface area contributed by atoms with Crippen molar-refractivity contribution in [3.05, 3.63) is 95.1 Å². The van der Waals surface area contributed by atoms with Crippen molar-refractivity contribution >= 4 is 17.5 Å². The highest BCUT2D eigenvalue weighted by Crippen LogP contribution is 2.19. The first-order valence-corrected chi connectivity index (χ1v) is 11.1. The first-order chi connectivity index (χ1) is 15.6. The fraction of sp³-hybridized carbons (Fsp3) is 0.259. The molecule has 1 saturated heterocycles. The second kappa shape index (κ2) is 10.1. The van der Waals surface area contributed by atoms with Gasteiger partial charge in [-0.1, -0.05) is 35.9 Å². The maximum atomic E-state index is 12.7. The maximum absolute atomic E-state index is 12.7. The number of aryl methyl sites for hydroxylation is 1. The molecule has 0 saturated carbocycles. The lowest BCUT2D eigenvalue weighted by atomic mass is 10.1. The van der Waals surface area contributed by atoms with Crippen LogP contribution in [0.5, 0.6) is 5.75 Å². The summed E-state index contributed by atoms with van der Waals surface area (Å²) in [4.78, 5) is 27.2. The summed E-state index contributed by atoms with van der Waals surface area (Å²) in [5.41, 5.74) is 4.09. The van der Waals surface area contributed by atoms with Crippen LogP contribution in [0, 0.1) is 6.92 Å². The molecule has 0 radical (unpaired) electrons. The fourth-order valence-electron chi connectivity index (χ4n) is 3.76. The van der Waals surface area contributed by atoms with Crippen LogP contribution in [0.2, 0.25) is 0 Å². The number of hydrogen-bond donors (Lipinski definition) is 1. The third-order valence-corrected chi connectivity index (χ3v) is 5.66. The average Bonchev–Trinajstić information content (AvgIpc) is 2.84. The molecule has 32 heavy (non-hydrogen) atoms. The number of benzene rings is 3. The van der Waals surface area contributed by atoms with Crippen molar-refractivity contribution in [2.24, 2.45) is 0 Å². The highest BCUT2D eigenvalue weighted by atomic mass is 16.5. The molecule has 2 amide bonds. The van der Waals surface area contributed by atoms with Crippen LogP contribution in [0.15, 0.2) is 72.8 Å². The van der Waals surface area contributed by atoms with Gasteiger partial charge in [-0.2, -0.15) is 0 Å². The number of piperidine rings is 1. The summed E-state index contributed by atoms with van der Waals surface area (Å²) >= 11 is 0. The first kappa shape index (κ1) is 21.6. The molecule has 1 aliphatic heterocycles. The number of nitrogens with zero attached hydrogens (tertiary/aromatic N) is 1. The zero-order valence-electron chi connectivity index (χ0n) is 18.3. The zero-order chi connectivity index (χ0) is 22.3. The number of ether oxygens (including phenoxy) is 1. The van der Waals surface area contributed by atoms with E-state index in [9.17, 15) is 9.59 Å². The van der Waals surface area contributed by atoms with E-state index in [1.165, 1.54) is 12.0 Å². The molecule has 0 aliphatic carbocycles. The number of likely N-dealkylation sites (tertiary alicyclic amines) is 1. The highest BCUT2D eigenvalue weighted by Gasteiger charge is 2.18. The van der Waals surface area contributed by atoms with Crippen molar-refractivity contribution in [1.82, 2.24) is 4.90 Å². The zero-order valence-corrected chi connectivity index (χ0v) is 18.3. The Labute approximate surface area is 189 Å². The topological polar surface area (TPSA) is 58.6 Å². The van der Waals surface area contributed by atoms with E-state index in [2.05, 4.69) is 5.32 Å². The minimum atomic E-state index is -0.221. The molecule has 1 fully saturated rings. The SMILES string of the molecule is Cc1ccc(COc2cccc(C(=O)Nc3ccc(C(=O)N4CCCCC4)cc3)c2)cc1. The number of carbonyl (C=O) groups excluding carboxylic acids is 2. The van der Waals surface area contributed by atoms with E-state index in [1.54, 1.807) is 42.5 Å². The lowest BCUT2D eigenvalue weighted by molar-refractivity contribution is 0.0724. The molecule has 164 valence electrons. The van der Waals surface area contributed by atoms with Crippen LogP contribution in [0.4, 0.5) is 5.69 Å². The first-order valence-electron chi connectivity index (χ1n) is 11.1. The molecule has 0 bridgehead atoms. The molecule has 3 aromatic carbocycles. The molecule has 0 spiro atoms. The Morgan fingerprint density at radius 2 is 1.59 bits per heavy atom. The molecule has 1 N–H and O–H groups in total. The predicted octanol–water partition coefficient (Wildman–Crippen LogP) is 5.45. The van der Waals surface area contributed by atoms with Crippen molar-refractivity contribution in [3.8, 4) is 5.75 Å². The van der Waals surface area contributed by atoms with E-state index in [0.717, 1.165) is 31.5 Å². The summed E-state index contributed by atoms with van der Waals surface area (Å²) in [7, 11) is 0. The predicted molar refractivity (Wildman–Crippen MR) is 126 cm³/mol. The Hall–Kier alpha value is -3.60. The summed E-state index contributed by atoms with van der Waals surface area (Å²) < 4.78 is 5.85. The van der Waals surface area contributed by atoms with Gasteiger partial charge in [-0.25, -0.2) is 0 Å². The molecule has 1 heterocycles. The van der Waals surface area contributed by atoms with Gasteiger partial charge in [-0.05, 0) is 74.2 Å². The van der Waals surface area contributed by atoms with Crippen LogP contribution in [0.3, 0.4) is 0 Å². The second-order valence-electron chi connectivity index (χ2n) is 8.19. The number of carbonyl (C=O) groups is 2. The van der Waals surface area contributed by atoms with Crippen molar-refractivity contribution in [3.63, 3.8) is 0 Å². The molecular weight excluding hydrogens is 400 g/mol. The average molecular weight is 429 g/mol. The summed E-state index contributed by atoms with van der Waals surface area (Å²) in [5, 5.41) is 2.89. The Bertz CT molecular complexity index is 1070. The van der Waals surface area contributed by atoms with E-state index in [1.807, 2.05) is 42.2 Å². The van der Waals surface area contributed by atoms with Crippen molar-refractivity contribution < 1.29 is 14.3 Å². The van der Waals surface area contributed by atoms with E-state index in [4.69, 9.17) is 4.74 Å². The third-order valence-electron chi connectivity index (χ3n) is 5.66. The van der Waals surface area contributed by atoms with Crippen LogP contribution < -0.4 is 10.1 Å². The molecule has 0 atom stereocenters. The minimum Gasteiger partial charge on any atom is -0.489 e. The number of anilines is 1. The Kier molecular flexibility index (Phi) is 6.85.